The zero-order chi connectivity index (χ0) is 20.4. The molecule has 1 atom stereocenters. The van der Waals surface area contributed by atoms with Crippen LogP contribution in [0.3, 0.4) is 0 Å². The Labute approximate surface area is 167 Å². The third-order valence-corrected chi connectivity index (χ3v) is 9.01. The van der Waals surface area contributed by atoms with Crippen molar-refractivity contribution in [2.24, 2.45) is 0 Å². The molecule has 3 aromatic rings. The van der Waals surface area contributed by atoms with Gasteiger partial charge in [-0.25, -0.2) is 21.6 Å². The van der Waals surface area contributed by atoms with Crippen molar-refractivity contribution in [3.8, 4) is 5.75 Å². The fraction of sp³-hybridized carbons (Fsp3) is 0.222. The van der Waals surface area contributed by atoms with Crippen molar-refractivity contribution in [2.75, 3.05) is 13.7 Å². The van der Waals surface area contributed by atoms with E-state index in [9.17, 15) is 16.8 Å². The molecule has 10 heteroatoms. The van der Waals surface area contributed by atoms with E-state index in [2.05, 4.69) is 4.72 Å². The van der Waals surface area contributed by atoms with Crippen LogP contribution in [0.5, 0.6) is 5.75 Å². The van der Waals surface area contributed by atoms with Crippen LogP contribution in [-0.2, 0) is 19.9 Å². The first kappa shape index (κ1) is 20.6. The molecule has 0 aliphatic rings. The number of sulfone groups is 1. The van der Waals surface area contributed by atoms with Gasteiger partial charge in [0.1, 0.15) is 25.9 Å². The van der Waals surface area contributed by atoms with Crippen molar-refractivity contribution in [2.45, 2.75) is 21.3 Å². The summed E-state index contributed by atoms with van der Waals surface area (Å²) in [5, 5.41) is 0.445. The van der Waals surface area contributed by atoms with E-state index < -0.39 is 25.1 Å². The van der Waals surface area contributed by atoms with E-state index in [0.717, 1.165) is 16.9 Å². The van der Waals surface area contributed by atoms with E-state index in [4.69, 9.17) is 9.15 Å². The smallest absolute Gasteiger partial charge is 0.244 e. The Hall–Kier alpha value is -2.14. The summed E-state index contributed by atoms with van der Waals surface area (Å²) in [5.74, 6) is 0.334. The molecule has 0 aliphatic carbocycles. The van der Waals surface area contributed by atoms with E-state index in [0.29, 0.717) is 0 Å². The first-order valence-electron chi connectivity index (χ1n) is 8.21. The number of ether oxygens (including phenoxy) is 1. The summed E-state index contributed by atoms with van der Waals surface area (Å²) in [6.07, 6.45) is 1.35. The molecule has 0 radical (unpaired) electrons. The summed E-state index contributed by atoms with van der Waals surface area (Å²) in [6.45, 7) is 1.37. The van der Waals surface area contributed by atoms with Crippen molar-refractivity contribution < 1.29 is 26.0 Å². The van der Waals surface area contributed by atoms with Gasteiger partial charge in [0.2, 0.25) is 10.0 Å². The minimum atomic E-state index is -4.02. The molecule has 1 N–H and O–H groups in total. The maximum Gasteiger partial charge on any atom is 0.244 e. The fourth-order valence-electron chi connectivity index (χ4n) is 2.66. The topological polar surface area (TPSA) is 103 Å². The largest absolute Gasteiger partial charge is 0.495 e. The molecule has 0 amide bonds. The first-order valence-corrected chi connectivity index (χ1v) is 12.1. The van der Waals surface area contributed by atoms with Crippen molar-refractivity contribution in [3.05, 3.63) is 65.4 Å². The molecule has 0 aliphatic heterocycles. The molecule has 3 rings (SSSR count). The van der Waals surface area contributed by atoms with Crippen LogP contribution >= 0.6 is 11.3 Å². The maximum absolute atomic E-state index is 13.0. The fourth-order valence-corrected chi connectivity index (χ4v) is 6.86. The molecule has 150 valence electrons. The van der Waals surface area contributed by atoms with Crippen molar-refractivity contribution in [3.63, 3.8) is 0 Å². The van der Waals surface area contributed by atoms with Gasteiger partial charge >= 0.3 is 0 Å². The van der Waals surface area contributed by atoms with E-state index in [1.807, 2.05) is 0 Å². The number of hydrogen-bond acceptors (Lipinski definition) is 7. The van der Waals surface area contributed by atoms with Crippen LogP contribution in [0.25, 0.3) is 0 Å². The number of hydrogen-bond donors (Lipinski definition) is 1. The van der Waals surface area contributed by atoms with Gasteiger partial charge in [0.25, 0.3) is 0 Å². The summed E-state index contributed by atoms with van der Waals surface area (Å²) < 4.78 is 64.7. The van der Waals surface area contributed by atoms with Gasteiger partial charge in [-0.3, -0.25) is 0 Å². The molecule has 7 nitrogen and oxygen atoms in total. The molecular formula is C18H19NO6S3. The minimum absolute atomic E-state index is 0.0540. The molecular weight excluding hydrogens is 422 g/mol. The van der Waals surface area contributed by atoms with Crippen LogP contribution in [0.2, 0.25) is 0 Å². The van der Waals surface area contributed by atoms with Crippen LogP contribution < -0.4 is 9.46 Å². The molecule has 0 saturated carbocycles. The quantitative estimate of drug-likeness (QED) is 0.576. The molecule has 2 aromatic heterocycles. The van der Waals surface area contributed by atoms with Crippen LogP contribution in [0.1, 0.15) is 16.6 Å². The number of rotatable bonds is 8. The Balaban J connectivity index is 1.94. The zero-order valence-electron chi connectivity index (χ0n) is 15.2. The van der Waals surface area contributed by atoms with Gasteiger partial charge in [0.15, 0.2) is 9.84 Å². The number of nitrogens with one attached hydrogen (secondary N) is 1. The van der Waals surface area contributed by atoms with E-state index in [1.165, 1.54) is 31.6 Å². The highest BCUT2D eigenvalue weighted by Gasteiger charge is 2.34. The summed E-state index contributed by atoms with van der Waals surface area (Å²) in [6, 6.07) is 10.9. The normalized spacial score (nSPS) is 13.4. The molecule has 0 bridgehead atoms. The summed E-state index contributed by atoms with van der Waals surface area (Å²) in [7, 11) is -6.49. The van der Waals surface area contributed by atoms with Gasteiger partial charge in [0, 0.05) is 6.54 Å². The summed E-state index contributed by atoms with van der Waals surface area (Å²) in [5.41, 5.74) is 0.731. The SMILES string of the molecule is COc1ccc(C)cc1S(=O)(=O)NCC(c1ccco1)S(=O)(=O)c1cccs1. The Morgan fingerprint density at radius 3 is 2.54 bits per heavy atom. The van der Waals surface area contributed by atoms with E-state index >= 15 is 0 Å². The number of benzene rings is 1. The van der Waals surface area contributed by atoms with Crippen molar-refractivity contribution >= 4 is 31.2 Å². The highest BCUT2D eigenvalue weighted by atomic mass is 32.2. The van der Waals surface area contributed by atoms with Crippen LogP contribution in [0, 0.1) is 6.92 Å². The lowest BCUT2D eigenvalue weighted by molar-refractivity contribution is 0.402. The molecule has 0 saturated heterocycles. The number of furan rings is 1. The Kier molecular flexibility index (Phi) is 5.94. The zero-order valence-corrected chi connectivity index (χ0v) is 17.6. The Morgan fingerprint density at radius 1 is 1.14 bits per heavy atom. The predicted octanol–water partition coefficient (Wildman–Crippen LogP) is 3.15. The third-order valence-electron chi connectivity index (χ3n) is 4.08. The van der Waals surface area contributed by atoms with Gasteiger partial charge in [-0.1, -0.05) is 12.1 Å². The van der Waals surface area contributed by atoms with Gasteiger partial charge < -0.3 is 9.15 Å². The Bertz CT molecular complexity index is 1130. The maximum atomic E-state index is 13.0. The Morgan fingerprint density at radius 2 is 1.93 bits per heavy atom. The summed E-state index contributed by atoms with van der Waals surface area (Å²) in [4.78, 5) is -0.0540. The second kappa shape index (κ2) is 8.08. The predicted molar refractivity (Wildman–Crippen MR) is 106 cm³/mol. The van der Waals surface area contributed by atoms with Crippen LogP contribution in [-0.4, -0.2) is 30.5 Å². The second-order valence-corrected chi connectivity index (χ2v) is 11.0. The van der Waals surface area contributed by atoms with Gasteiger partial charge in [-0.05, 0) is 48.2 Å². The lowest BCUT2D eigenvalue weighted by Crippen LogP contribution is -2.32. The lowest BCUT2D eigenvalue weighted by atomic mass is 10.2. The van der Waals surface area contributed by atoms with Gasteiger partial charge in [-0.15, -0.1) is 11.3 Å². The first-order chi connectivity index (χ1) is 13.3. The standard InChI is InChI=1S/C18H19NO6S3/c1-13-7-8-14(24-2)16(11-13)28(22,23)19-12-17(15-5-3-9-25-15)27(20,21)18-6-4-10-26-18/h3-11,17,19H,12H2,1-2H3. The van der Waals surface area contributed by atoms with E-state index in [1.54, 1.807) is 36.6 Å². The molecule has 1 unspecified atom stereocenters. The lowest BCUT2D eigenvalue weighted by Gasteiger charge is -2.17. The monoisotopic (exact) mass is 441 g/mol. The molecule has 28 heavy (non-hydrogen) atoms. The number of aryl methyl sites for hydroxylation is 1. The second-order valence-electron chi connectivity index (χ2n) is 5.99. The summed E-state index contributed by atoms with van der Waals surface area (Å²) >= 11 is 1.07. The average Bonchev–Trinajstić information content (AvgIpc) is 3.36. The molecule has 0 spiro atoms. The van der Waals surface area contributed by atoms with E-state index in [-0.39, 0.29) is 27.2 Å². The molecule has 0 fully saturated rings. The van der Waals surface area contributed by atoms with Crippen LogP contribution in [0.15, 0.2) is 67.6 Å². The molecule has 1 aromatic carbocycles. The number of thiophene rings is 1. The molecule has 2 heterocycles. The number of sulfonamides is 1. The van der Waals surface area contributed by atoms with Crippen molar-refractivity contribution in [1.82, 2.24) is 4.72 Å². The highest BCUT2D eigenvalue weighted by Crippen LogP contribution is 2.32. The van der Waals surface area contributed by atoms with Gasteiger partial charge in [-0.2, -0.15) is 0 Å². The van der Waals surface area contributed by atoms with Crippen LogP contribution in [0.4, 0.5) is 0 Å². The van der Waals surface area contributed by atoms with Crippen molar-refractivity contribution in [1.29, 1.82) is 0 Å². The number of methoxy groups -OCH3 is 1. The van der Waals surface area contributed by atoms with Gasteiger partial charge in [0.05, 0.1) is 13.4 Å². The average molecular weight is 442 g/mol. The third kappa shape index (κ3) is 4.14. The minimum Gasteiger partial charge on any atom is -0.495 e. The highest BCUT2D eigenvalue weighted by molar-refractivity contribution is 7.93.